The van der Waals surface area contributed by atoms with Crippen LogP contribution < -0.4 is 0 Å². The summed E-state index contributed by atoms with van der Waals surface area (Å²) in [6, 6.07) is 9.02. The van der Waals surface area contributed by atoms with Crippen molar-refractivity contribution >= 4 is 12.0 Å². The molecule has 0 bridgehead atoms. The molecular formula is C12H13NO4. The highest BCUT2D eigenvalue weighted by Crippen LogP contribution is 2.26. The molecule has 0 spiro atoms. The third-order valence-corrected chi connectivity index (χ3v) is 2.91. The number of rotatable bonds is 3. The van der Waals surface area contributed by atoms with Crippen LogP contribution in [0.4, 0.5) is 4.79 Å². The summed E-state index contributed by atoms with van der Waals surface area (Å²) in [6.07, 6.45) is -1.38. The third kappa shape index (κ3) is 2.01. The van der Waals surface area contributed by atoms with Crippen LogP contribution in [-0.4, -0.2) is 41.3 Å². The predicted octanol–water partition coefficient (Wildman–Crippen LogP) is 1.13. The lowest BCUT2D eigenvalue weighted by Crippen LogP contribution is -2.67. The van der Waals surface area contributed by atoms with E-state index in [0.29, 0.717) is 6.42 Å². The Labute approximate surface area is 98.6 Å². The van der Waals surface area contributed by atoms with E-state index in [1.807, 2.05) is 30.3 Å². The number of β-lactam (4-membered cyclic amide) rings is 1. The summed E-state index contributed by atoms with van der Waals surface area (Å²) in [6.45, 7) is 0. The summed E-state index contributed by atoms with van der Waals surface area (Å²) in [5.74, 6) is -0.485. The number of nitrogens with zero attached hydrogens (tertiary/aromatic N) is 1. The molecule has 5 heteroatoms. The van der Waals surface area contributed by atoms with Gasteiger partial charge < -0.3 is 9.84 Å². The second kappa shape index (κ2) is 4.55. The van der Waals surface area contributed by atoms with Crippen LogP contribution in [0.2, 0.25) is 0 Å². The molecule has 1 fully saturated rings. The molecular weight excluding hydrogens is 222 g/mol. The van der Waals surface area contributed by atoms with Crippen LogP contribution in [0, 0.1) is 0 Å². The Hall–Kier alpha value is -1.88. The lowest BCUT2D eigenvalue weighted by Gasteiger charge is -2.42. The minimum absolute atomic E-state index is 0.424. The Balaban J connectivity index is 2.13. The van der Waals surface area contributed by atoms with Crippen molar-refractivity contribution in [3.8, 4) is 0 Å². The molecule has 1 heterocycles. The molecule has 2 unspecified atom stereocenters. The van der Waals surface area contributed by atoms with E-state index in [1.165, 1.54) is 7.11 Å². The molecule has 90 valence electrons. The zero-order valence-electron chi connectivity index (χ0n) is 9.37. The molecule has 1 aliphatic rings. The maximum absolute atomic E-state index is 11.5. The number of ether oxygens (including phenoxy) is 1. The number of carboxylic acid groups (broad SMARTS) is 1. The third-order valence-electron chi connectivity index (χ3n) is 2.91. The smallest absolute Gasteiger partial charge is 0.414 e. The second-order valence-corrected chi connectivity index (χ2v) is 3.90. The SMILES string of the molecule is COC1C(=O)N(C(=O)O)C1Cc1ccccc1. The first-order valence-corrected chi connectivity index (χ1v) is 5.28. The Morgan fingerprint density at radius 3 is 2.59 bits per heavy atom. The van der Waals surface area contributed by atoms with Crippen molar-refractivity contribution in [1.82, 2.24) is 4.90 Å². The number of hydrogen-bond acceptors (Lipinski definition) is 3. The maximum atomic E-state index is 11.5. The van der Waals surface area contributed by atoms with Crippen molar-refractivity contribution in [2.45, 2.75) is 18.6 Å². The van der Waals surface area contributed by atoms with Gasteiger partial charge in [0.2, 0.25) is 0 Å². The number of carbonyl (C=O) groups is 2. The molecule has 1 N–H and O–H groups in total. The fourth-order valence-corrected chi connectivity index (χ4v) is 2.07. The van der Waals surface area contributed by atoms with Gasteiger partial charge in [0.05, 0.1) is 6.04 Å². The molecule has 17 heavy (non-hydrogen) atoms. The Bertz CT molecular complexity index is 431. The molecule has 0 saturated carbocycles. The van der Waals surface area contributed by atoms with Gasteiger partial charge in [0.15, 0.2) is 6.10 Å². The fraction of sp³-hybridized carbons (Fsp3) is 0.333. The van der Waals surface area contributed by atoms with E-state index >= 15 is 0 Å². The molecule has 0 radical (unpaired) electrons. The highest BCUT2D eigenvalue weighted by atomic mass is 16.5. The van der Waals surface area contributed by atoms with Crippen LogP contribution in [0.25, 0.3) is 0 Å². The van der Waals surface area contributed by atoms with Crippen molar-refractivity contribution in [2.24, 2.45) is 0 Å². The second-order valence-electron chi connectivity index (χ2n) is 3.90. The van der Waals surface area contributed by atoms with E-state index in [0.717, 1.165) is 10.5 Å². The summed E-state index contributed by atoms with van der Waals surface area (Å²) in [5, 5.41) is 8.91. The van der Waals surface area contributed by atoms with E-state index in [1.54, 1.807) is 0 Å². The Morgan fingerprint density at radius 1 is 1.41 bits per heavy atom. The van der Waals surface area contributed by atoms with Gasteiger partial charge in [0, 0.05) is 7.11 Å². The lowest BCUT2D eigenvalue weighted by atomic mass is 9.92. The first-order valence-electron chi connectivity index (χ1n) is 5.28. The van der Waals surface area contributed by atoms with E-state index in [9.17, 15) is 9.59 Å². The van der Waals surface area contributed by atoms with Crippen molar-refractivity contribution in [2.75, 3.05) is 7.11 Å². The Kier molecular flexibility index (Phi) is 3.10. The monoisotopic (exact) mass is 235 g/mol. The van der Waals surface area contributed by atoms with Crippen molar-refractivity contribution in [3.63, 3.8) is 0 Å². The first-order chi connectivity index (χ1) is 8.15. The summed E-state index contributed by atoms with van der Waals surface area (Å²) < 4.78 is 5.01. The average molecular weight is 235 g/mol. The van der Waals surface area contributed by atoms with Crippen LogP contribution in [0.3, 0.4) is 0 Å². The van der Waals surface area contributed by atoms with Gasteiger partial charge >= 0.3 is 6.09 Å². The van der Waals surface area contributed by atoms with Crippen LogP contribution >= 0.6 is 0 Å². The molecule has 1 saturated heterocycles. The quantitative estimate of drug-likeness (QED) is 0.797. The van der Waals surface area contributed by atoms with Gasteiger partial charge in [-0.1, -0.05) is 30.3 Å². The van der Waals surface area contributed by atoms with Gasteiger partial charge in [-0.2, -0.15) is 0 Å². The summed E-state index contributed by atoms with van der Waals surface area (Å²) in [4.78, 5) is 23.2. The Morgan fingerprint density at radius 2 is 2.06 bits per heavy atom. The van der Waals surface area contributed by atoms with E-state index in [4.69, 9.17) is 9.84 Å². The average Bonchev–Trinajstić information content (AvgIpc) is 2.30. The lowest BCUT2D eigenvalue weighted by molar-refractivity contribution is -0.164. The molecule has 1 aromatic carbocycles. The van der Waals surface area contributed by atoms with Crippen LogP contribution in [-0.2, 0) is 16.0 Å². The topological polar surface area (TPSA) is 66.8 Å². The van der Waals surface area contributed by atoms with Crippen LogP contribution in [0.15, 0.2) is 30.3 Å². The fourth-order valence-electron chi connectivity index (χ4n) is 2.07. The van der Waals surface area contributed by atoms with Gasteiger partial charge in [0.1, 0.15) is 0 Å². The number of amides is 2. The zero-order chi connectivity index (χ0) is 12.4. The zero-order valence-corrected chi connectivity index (χ0v) is 9.37. The molecule has 2 amide bonds. The van der Waals surface area contributed by atoms with Crippen molar-refractivity contribution in [3.05, 3.63) is 35.9 Å². The van der Waals surface area contributed by atoms with Crippen molar-refractivity contribution in [1.29, 1.82) is 0 Å². The van der Waals surface area contributed by atoms with E-state index in [-0.39, 0.29) is 0 Å². The number of benzene rings is 1. The standard InChI is InChI=1S/C12H13NO4/c1-17-10-9(13(11(10)14)12(15)16)7-8-5-3-2-4-6-8/h2-6,9-10H,7H2,1H3,(H,15,16). The first kappa shape index (κ1) is 11.6. The van der Waals surface area contributed by atoms with Gasteiger partial charge in [-0.05, 0) is 12.0 Å². The number of carbonyl (C=O) groups excluding carboxylic acids is 1. The van der Waals surface area contributed by atoms with Gasteiger partial charge in [-0.25, -0.2) is 9.69 Å². The molecule has 1 aliphatic heterocycles. The van der Waals surface area contributed by atoms with Crippen LogP contribution in [0.5, 0.6) is 0 Å². The molecule has 1 aromatic rings. The normalized spacial score (nSPS) is 23.4. The minimum atomic E-state index is -1.22. The van der Waals surface area contributed by atoms with Gasteiger partial charge in [-0.15, -0.1) is 0 Å². The van der Waals surface area contributed by atoms with E-state index < -0.39 is 24.1 Å². The summed E-state index contributed by atoms with van der Waals surface area (Å²) >= 11 is 0. The molecule has 5 nitrogen and oxygen atoms in total. The minimum Gasteiger partial charge on any atom is -0.465 e. The highest BCUT2D eigenvalue weighted by molar-refractivity contribution is 6.00. The summed E-state index contributed by atoms with van der Waals surface area (Å²) in [7, 11) is 1.42. The largest absolute Gasteiger partial charge is 0.465 e. The number of likely N-dealkylation sites (tertiary alicyclic amines) is 1. The number of hydrogen-bond donors (Lipinski definition) is 1. The van der Waals surface area contributed by atoms with Crippen molar-refractivity contribution < 1.29 is 19.4 Å². The van der Waals surface area contributed by atoms with Crippen LogP contribution in [0.1, 0.15) is 5.56 Å². The molecule has 0 aromatic heterocycles. The van der Waals surface area contributed by atoms with Gasteiger partial charge in [-0.3, -0.25) is 4.79 Å². The summed E-state index contributed by atoms with van der Waals surface area (Å²) in [5.41, 5.74) is 0.985. The van der Waals surface area contributed by atoms with Gasteiger partial charge in [0.25, 0.3) is 5.91 Å². The highest BCUT2D eigenvalue weighted by Gasteiger charge is 2.51. The maximum Gasteiger partial charge on any atom is 0.414 e. The molecule has 0 aliphatic carbocycles. The molecule has 2 rings (SSSR count). The van der Waals surface area contributed by atoms with E-state index in [2.05, 4.69) is 0 Å². The predicted molar refractivity (Wildman–Crippen MR) is 59.6 cm³/mol. The molecule has 2 atom stereocenters. The number of imide groups is 1. The number of methoxy groups -OCH3 is 1.